The summed E-state index contributed by atoms with van der Waals surface area (Å²) in [5, 5.41) is 72.1. The summed E-state index contributed by atoms with van der Waals surface area (Å²) in [6.45, 7) is 0.384. The zero-order valence-electron chi connectivity index (χ0n) is 23.9. The number of rotatable bonds is 8. The third-order valence-electron chi connectivity index (χ3n) is 8.05. The summed E-state index contributed by atoms with van der Waals surface area (Å²) in [6, 6.07) is 13.5. The van der Waals surface area contributed by atoms with Crippen molar-refractivity contribution < 1.29 is 64.3 Å². The standard InChI is InChI=1S/C30H34ClNO13/c1-13-17(16-4-2-3-5-18(16)32(13)28(41)14-6-8-15(31)9-7-14)10-21(34)42-12-20-23(36)25(38)27(40)30(44-20)45-29-26(39)24(37)22(35)19(11-33)43-29/h2-9,19-20,22-27,29-30,33,35-40H,10-12H2,1H3/t19-,20-,22-,23-,24+,25+,26-,27-,29-,30-/m1/s1. The molecule has 0 unspecified atom stereocenters. The minimum absolute atomic E-state index is 0.258. The Labute approximate surface area is 261 Å². The molecule has 0 radical (unpaired) electrons. The van der Waals surface area contributed by atoms with E-state index < -0.39 is 80.6 Å². The number of aliphatic hydroxyl groups is 7. The normalized spacial score (nSPS) is 32.0. The van der Waals surface area contributed by atoms with Crippen molar-refractivity contribution >= 4 is 34.4 Å². The molecule has 1 aromatic heterocycles. The largest absolute Gasteiger partial charge is 0.463 e. The van der Waals surface area contributed by atoms with Gasteiger partial charge in [0.05, 0.1) is 18.5 Å². The van der Waals surface area contributed by atoms with Crippen LogP contribution in [0.3, 0.4) is 0 Å². The predicted octanol–water partition coefficient (Wildman–Crippen LogP) is -0.999. The number of esters is 1. The van der Waals surface area contributed by atoms with Crippen molar-refractivity contribution in [3.63, 3.8) is 0 Å². The first-order chi connectivity index (χ1) is 21.4. The lowest BCUT2D eigenvalue weighted by Gasteiger charge is -2.44. The Morgan fingerprint density at radius 1 is 0.822 bits per heavy atom. The van der Waals surface area contributed by atoms with Crippen LogP contribution < -0.4 is 0 Å². The van der Waals surface area contributed by atoms with Crippen molar-refractivity contribution in [2.45, 2.75) is 74.8 Å². The van der Waals surface area contributed by atoms with Crippen LogP contribution in [-0.2, 0) is 30.2 Å². The van der Waals surface area contributed by atoms with Crippen LogP contribution in [0.1, 0.15) is 21.6 Å². The van der Waals surface area contributed by atoms with E-state index in [1.165, 1.54) is 4.57 Å². The topological polar surface area (TPSA) is 218 Å². The van der Waals surface area contributed by atoms with E-state index in [1.54, 1.807) is 55.5 Å². The molecule has 244 valence electrons. The number of hydrogen-bond donors (Lipinski definition) is 7. The fourth-order valence-electron chi connectivity index (χ4n) is 5.49. The SMILES string of the molecule is Cc1c(CC(=O)OC[C@H]2O[C@H](O[C@H]3O[C@H](CO)[C@@H](O)[C@H](O)[C@H]3O)[C@H](O)[C@@H](O)[C@@H]2O)c2ccccc2n1C(=O)c1ccc(Cl)cc1. The van der Waals surface area contributed by atoms with Gasteiger partial charge >= 0.3 is 5.97 Å². The Kier molecular flexibility index (Phi) is 10.2. The number of carbonyl (C=O) groups is 2. The van der Waals surface area contributed by atoms with Gasteiger partial charge < -0.3 is 54.7 Å². The third kappa shape index (κ3) is 6.63. The van der Waals surface area contributed by atoms with Crippen molar-refractivity contribution in [2.24, 2.45) is 0 Å². The third-order valence-corrected chi connectivity index (χ3v) is 8.30. The summed E-state index contributed by atoms with van der Waals surface area (Å²) < 4.78 is 23.1. The monoisotopic (exact) mass is 651 g/mol. The Morgan fingerprint density at radius 3 is 2.02 bits per heavy atom. The lowest BCUT2D eigenvalue weighted by Crippen LogP contribution is -2.63. The molecule has 0 aliphatic carbocycles. The minimum atomic E-state index is -1.86. The van der Waals surface area contributed by atoms with Crippen LogP contribution in [0.5, 0.6) is 0 Å². The number of nitrogens with zero attached hydrogens (tertiary/aromatic N) is 1. The summed E-state index contributed by atoms with van der Waals surface area (Å²) >= 11 is 5.97. The van der Waals surface area contributed by atoms with Gasteiger partial charge in [-0.3, -0.25) is 14.2 Å². The molecule has 0 spiro atoms. The van der Waals surface area contributed by atoms with E-state index in [4.69, 9.17) is 30.5 Å². The van der Waals surface area contributed by atoms with Crippen molar-refractivity contribution in [1.82, 2.24) is 4.57 Å². The number of benzene rings is 2. The molecule has 2 aliphatic heterocycles. The quantitative estimate of drug-likeness (QED) is 0.146. The Bertz CT molecular complexity index is 1510. The number of ether oxygens (including phenoxy) is 4. The molecule has 2 saturated heterocycles. The molecule has 3 heterocycles. The van der Waals surface area contributed by atoms with E-state index in [9.17, 15) is 45.3 Å². The second-order valence-electron chi connectivity index (χ2n) is 10.9. The summed E-state index contributed by atoms with van der Waals surface area (Å²) in [7, 11) is 0. The lowest BCUT2D eigenvalue weighted by atomic mass is 9.98. The number of fused-ring (bicyclic) bond motifs is 1. The van der Waals surface area contributed by atoms with Crippen LogP contribution in [0.4, 0.5) is 0 Å². The van der Waals surface area contributed by atoms with Gasteiger partial charge in [-0.2, -0.15) is 0 Å². The first-order valence-corrected chi connectivity index (χ1v) is 14.5. The van der Waals surface area contributed by atoms with Crippen LogP contribution in [0, 0.1) is 6.92 Å². The van der Waals surface area contributed by atoms with Gasteiger partial charge in [0.25, 0.3) is 5.91 Å². The highest BCUT2D eigenvalue weighted by Crippen LogP contribution is 2.30. The second-order valence-corrected chi connectivity index (χ2v) is 11.4. The van der Waals surface area contributed by atoms with Crippen LogP contribution >= 0.6 is 11.6 Å². The fraction of sp³-hybridized carbons (Fsp3) is 0.467. The van der Waals surface area contributed by atoms with Crippen molar-refractivity contribution in [3.05, 3.63) is 70.4 Å². The number of aromatic nitrogens is 1. The number of para-hydroxylation sites is 1. The second kappa shape index (κ2) is 13.8. The molecule has 7 N–H and O–H groups in total. The Hall–Kier alpha value is -2.99. The molecule has 45 heavy (non-hydrogen) atoms. The molecule has 0 bridgehead atoms. The van der Waals surface area contributed by atoms with Crippen LogP contribution in [0.25, 0.3) is 10.9 Å². The molecule has 14 nitrogen and oxygen atoms in total. The van der Waals surface area contributed by atoms with E-state index in [-0.39, 0.29) is 12.3 Å². The molecule has 2 aromatic carbocycles. The van der Waals surface area contributed by atoms with Gasteiger partial charge in [-0.1, -0.05) is 29.8 Å². The predicted molar refractivity (Wildman–Crippen MR) is 154 cm³/mol. The van der Waals surface area contributed by atoms with E-state index in [1.807, 2.05) is 0 Å². The molecular weight excluding hydrogens is 618 g/mol. The number of halogens is 1. The maximum absolute atomic E-state index is 13.4. The molecule has 15 heteroatoms. The van der Waals surface area contributed by atoms with Crippen LogP contribution in [0.15, 0.2) is 48.5 Å². The fourth-order valence-corrected chi connectivity index (χ4v) is 5.62. The van der Waals surface area contributed by atoms with Gasteiger partial charge in [0, 0.05) is 21.7 Å². The van der Waals surface area contributed by atoms with Gasteiger partial charge in [-0.25, -0.2) is 0 Å². The molecule has 10 atom stereocenters. The zero-order valence-corrected chi connectivity index (χ0v) is 24.7. The van der Waals surface area contributed by atoms with Crippen molar-refractivity contribution in [2.75, 3.05) is 13.2 Å². The Balaban J connectivity index is 1.28. The van der Waals surface area contributed by atoms with Gasteiger partial charge in [0.1, 0.15) is 55.4 Å². The van der Waals surface area contributed by atoms with E-state index in [0.717, 1.165) is 0 Å². The van der Waals surface area contributed by atoms with Gasteiger partial charge in [0.15, 0.2) is 12.6 Å². The highest BCUT2D eigenvalue weighted by Gasteiger charge is 2.50. The van der Waals surface area contributed by atoms with E-state index in [0.29, 0.717) is 32.7 Å². The van der Waals surface area contributed by atoms with E-state index in [2.05, 4.69) is 0 Å². The molecular formula is C30H34ClNO13. The molecule has 0 saturated carbocycles. The first-order valence-electron chi connectivity index (χ1n) is 14.1. The minimum Gasteiger partial charge on any atom is -0.463 e. The van der Waals surface area contributed by atoms with Crippen LogP contribution in [-0.4, -0.2) is 127 Å². The molecule has 2 fully saturated rings. The summed E-state index contributed by atoms with van der Waals surface area (Å²) in [5.74, 6) is -1.07. The summed E-state index contributed by atoms with van der Waals surface area (Å²) in [5.41, 5.74) is 2.01. The molecule has 5 rings (SSSR count). The van der Waals surface area contributed by atoms with Crippen molar-refractivity contribution in [3.8, 4) is 0 Å². The molecule has 0 amide bonds. The number of aliphatic hydroxyl groups excluding tert-OH is 7. The molecule has 2 aliphatic rings. The maximum atomic E-state index is 13.4. The lowest BCUT2D eigenvalue weighted by molar-refractivity contribution is -0.376. The maximum Gasteiger partial charge on any atom is 0.310 e. The average Bonchev–Trinajstić information content (AvgIpc) is 3.31. The summed E-state index contributed by atoms with van der Waals surface area (Å²) in [6.07, 6.45) is -17.1. The van der Waals surface area contributed by atoms with Crippen LogP contribution in [0.2, 0.25) is 5.02 Å². The van der Waals surface area contributed by atoms with Crippen molar-refractivity contribution in [1.29, 1.82) is 0 Å². The number of carbonyl (C=O) groups excluding carboxylic acids is 2. The highest BCUT2D eigenvalue weighted by molar-refractivity contribution is 6.30. The Morgan fingerprint density at radius 2 is 1.40 bits per heavy atom. The van der Waals surface area contributed by atoms with E-state index >= 15 is 0 Å². The van der Waals surface area contributed by atoms with Gasteiger partial charge in [0.2, 0.25) is 0 Å². The zero-order chi connectivity index (χ0) is 32.6. The molecule has 3 aromatic rings. The number of hydrogen-bond acceptors (Lipinski definition) is 13. The summed E-state index contributed by atoms with van der Waals surface area (Å²) in [4.78, 5) is 26.4. The van der Waals surface area contributed by atoms with Gasteiger partial charge in [-0.15, -0.1) is 0 Å². The average molecular weight is 652 g/mol. The van der Waals surface area contributed by atoms with Gasteiger partial charge in [-0.05, 0) is 42.8 Å². The highest BCUT2D eigenvalue weighted by atomic mass is 35.5. The smallest absolute Gasteiger partial charge is 0.310 e. The first kappa shape index (κ1) is 33.4.